The third-order valence-corrected chi connectivity index (χ3v) is 4.10. The van der Waals surface area contributed by atoms with E-state index in [1.165, 1.54) is 24.8 Å². The Kier molecular flexibility index (Phi) is 3.25. The zero-order chi connectivity index (χ0) is 12.5. The van der Waals surface area contributed by atoms with E-state index in [0.29, 0.717) is 11.9 Å². The summed E-state index contributed by atoms with van der Waals surface area (Å²) in [7, 11) is 0. The molecule has 0 bridgehead atoms. The van der Waals surface area contributed by atoms with Gasteiger partial charge in [-0.15, -0.1) is 11.6 Å². The van der Waals surface area contributed by atoms with E-state index in [-0.39, 0.29) is 0 Å². The summed E-state index contributed by atoms with van der Waals surface area (Å²) in [5.74, 6) is 2.56. The Balaban J connectivity index is 2.09. The van der Waals surface area contributed by atoms with E-state index >= 15 is 0 Å². The molecule has 2 aromatic heterocycles. The largest absolute Gasteiger partial charge is 0.325 e. The van der Waals surface area contributed by atoms with Crippen molar-refractivity contribution in [3.05, 3.63) is 24.3 Å². The average Bonchev–Trinajstić information content (AvgIpc) is 2.92. The lowest BCUT2D eigenvalue weighted by atomic mass is 10.1. The molecule has 1 saturated carbocycles. The molecule has 0 spiro atoms. The van der Waals surface area contributed by atoms with Crippen LogP contribution in [0.4, 0.5) is 0 Å². The van der Waals surface area contributed by atoms with Crippen molar-refractivity contribution in [1.82, 2.24) is 14.5 Å². The standard InChI is InChI=1S/C14H18ClN3/c1-10-2-3-11(8-10)18-13-5-7-16-9-12(13)17-14(18)4-6-15/h5,7,9-11H,2-4,6,8H2,1H3. The van der Waals surface area contributed by atoms with Crippen molar-refractivity contribution >= 4 is 22.6 Å². The normalized spacial score (nSPS) is 23.9. The van der Waals surface area contributed by atoms with E-state index in [4.69, 9.17) is 11.6 Å². The summed E-state index contributed by atoms with van der Waals surface area (Å²) in [6.45, 7) is 2.34. The molecule has 18 heavy (non-hydrogen) atoms. The zero-order valence-electron chi connectivity index (χ0n) is 10.6. The molecule has 1 fully saturated rings. The summed E-state index contributed by atoms with van der Waals surface area (Å²) in [5, 5.41) is 0. The highest BCUT2D eigenvalue weighted by Gasteiger charge is 2.26. The second-order valence-electron chi connectivity index (χ2n) is 5.27. The zero-order valence-corrected chi connectivity index (χ0v) is 11.4. The molecule has 1 aliphatic rings. The van der Waals surface area contributed by atoms with Gasteiger partial charge in [0.15, 0.2) is 0 Å². The molecule has 4 heteroatoms. The number of pyridine rings is 1. The predicted octanol–water partition coefficient (Wildman–Crippen LogP) is 3.57. The lowest BCUT2D eigenvalue weighted by Crippen LogP contribution is -2.10. The molecule has 1 aliphatic carbocycles. The summed E-state index contributed by atoms with van der Waals surface area (Å²) in [5.41, 5.74) is 2.21. The van der Waals surface area contributed by atoms with Crippen molar-refractivity contribution in [3.8, 4) is 0 Å². The molecule has 2 heterocycles. The SMILES string of the molecule is CC1CCC(n2c(CCCl)nc3cnccc32)C1. The van der Waals surface area contributed by atoms with Crippen LogP contribution in [0.2, 0.25) is 0 Å². The number of alkyl halides is 1. The topological polar surface area (TPSA) is 30.7 Å². The van der Waals surface area contributed by atoms with Gasteiger partial charge in [0.05, 0.1) is 11.7 Å². The molecule has 2 atom stereocenters. The van der Waals surface area contributed by atoms with Crippen LogP contribution in [0.1, 0.15) is 38.1 Å². The minimum atomic E-state index is 0.589. The summed E-state index contributed by atoms with van der Waals surface area (Å²) in [4.78, 5) is 8.85. The van der Waals surface area contributed by atoms with Gasteiger partial charge in [-0.1, -0.05) is 6.92 Å². The third kappa shape index (κ3) is 2.01. The summed E-state index contributed by atoms with van der Waals surface area (Å²) < 4.78 is 2.41. The number of aromatic nitrogens is 3. The molecule has 2 aromatic rings. The number of aryl methyl sites for hydroxylation is 1. The number of fused-ring (bicyclic) bond motifs is 1. The summed E-state index contributed by atoms with van der Waals surface area (Å²) in [6.07, 6.45) is 8.36. The van der Waals surface area contributed by atoms with Gasteiger partial charge in [0, 0.05) is 24.5 Å². The highest BCUT2D eigenvalue weighted by molar-refractivity contribution is 6.17. The minimum absolute atomic E-state index is 0.589. The smallest absolute Gasteiger partial charge is 0.111 e. The van der Waals surface area contributed by atoms with Crippen LogP contribution in [0, 0.1) is 5.92 Å². The van der Waals surface area contributed by atoms with E-state index in [1.807, 2.05) is 12.4 Å². The lowest BCUT2D eigenvalue weighted by Gasteiger charge is -2.16. The van der Waals surface area contributed by atoms with Crippen LogP contribution in [0.15, 0.2) is 18.5 Å². The molecular formula is C14H18ClN3. The summed E-state index contributed by atoms with van der Waals surface area (Å²) in [6, 6.07) is 2.66. The van der Waals surface area contributed by atoms with Crippen LogP contribution in [0.5, 0.6) is 0 Å². The first-order valence-electron chi connectivity index (χ1n) is 6.66. The van der Waals surface area contributed by atoms with Gasteiger partial charge in [-0.25, -0.2) is 4.98 Å². The maximum Gasteiger partial charge on any atom is 0.111 e. The van der Waals surface area contributed by atoms with Crippen molar-refractivity contribution in [3.63, 3.8) is 0 Å². The van der Waals surface area contributed by atoms with Crippen LogP contribution >= 0.6 is 11.6 Å². The molecule has 0 aromatic carbocycles. The molecule has 0 saturated heterocycles. The summed E-state index contributed by atoms with van der Waals surface area (Å²) >= 11 is 5.90. The Morgan fingerprint density at radius 1 is 1.44 bits per heavy atom. The fraction of sp³-hybridized carbons (Fsp3) is 0.571. The molecule has 96 valence electrons. The first kappa shape index (κ1) is 12.0. The van der Waals surface area contributed by atoms with Gasteiger partial charge in [0.2, 0.25) is 0 Å². The second kappa shape index (κ2) is 4.88. The Bertz CT molecular complexity index is 549. The second-order valence-corrected chi connectivity index (χ2v) is 5.65. The quantitative estimate of drug-likeness (QED) is 0.793. The van der Waals surface area contributed by atoms with Crippen molar-refractivity contribution in [2.24, 2.45) is 5.92 Å². The highest BCUT2D eigenvalue weighted by atomic mass is 35.5. The van der Waals surface area contributed by atoms with Crippen LogP contribution < -0.4 is 0 Å². The lowest BCUT2D eigenvalue weighted by molar-refractivity contribution is 0.490. The molecule has 3 rings (SSSR count). The van der Waals surface area contributed by atoms with Crippen LogP contribution in [-0.2, 0) is 6.42 Å². The maximum absolute atomic E-state index is 5.90. The first-order chi connectivity index (χ1) is 8.79. The molecule has 0 radical (unpaired) electrons. The van der Waals surface area contributed by atoms with E-state index in [2.05, 4.69) is 27.5 Å². The molecule has 0 amide bonds. The van der Waals surface area contributed by atoms with Crippen molar-refractivity contribution in [2.45, 2.75) is 38.6 Å². The predicted molar refractivity (Wildman–Crippen MR) is 74.0 cm³/mol. The fourth-order valence-electron chi connectivity index (χ4n) is 3.08. The van der Waals surface area contributed by atoms with Crippen molar-refractivity contribution in [2.75, 3.05) is 5.88 Å². The molecular weight excluding hydrogens is 246 g/mol. The molecule has 3 nitrogen and oxygen atoms in total. The van der Waals surface area contributed by atoms with Gasteiger partial charge in [-0.2, -0.15) is 0 Å². The van der Waals surface area contributed by atoms with Crippen LogP contribution in [0.3, 0.4) is 0 Å². The molecule has 0 aliphatic heterocycles. The average molecular weight is 264 g/mol. The number of imidazole rings is 1. The van der Waals surface area contributed by atoms with Crippen molar-refractivity contribution < 1.29 is 0 Å². The van der Waals surface area contributed by atoms with Gasteiger partial charge in [0.25, 0.3) is 0 Å². The van der Waals surface area contributed by atoms with Crippen LogP contribution in [-0.4, -0.2) is 20.4 Å². The number of rotatable bonds is 3. The number of nitrogens with zero attached hydrogens (tertiary/aromatic N) is 3. The van der Waals surface area contributed by atoms with Gasteiger partial charge in [-0.05, 0) is 31.2 Å². The number of hydrogen-bond donors (Lipinski definition) is 0. The van der Waals surface area contributed by atoms with E-state index in [1.54, 1.807) is 0 Å². The molecule has 2 unspecified atom stereocenters. The fourth-order valence-corrected chi connectivity index (χ4v) is 3.25. The first-order valence-corrected chi connectivity index (χ1v) is 7.20. The van der Waals surface area contributed by atoms with Gasteiger partial charge in [0.1, 0.15) is 11.3 Å². The maximum atomic E-state index is 5.90. The Hall–Kier alpha value is -1.09. The third-order valence-electron chi connectivity index (χ3n) is 3.92. The monoisotopic (exact) mass is 263 g/mol. The van der Waals surface area contributed by atoms with E-state index < -0.39 is 0 Å². The van der Waals surface area contributed by atoms with E-state index in [9.17, 15) is 0 Å². The van der Waals surface area contributed by atoms with Gasteiger partial charge in [-0.3, -0.25) is 4.98 Å². The Labute approximate surface area is 112 Å². The van der Waals surface area contributed by atoms with E-state index in [0.717, 1.165) is 23.7 Å². The highest BCUT2D eigenvalue weighted by Crippen LogP contribution is 2.37. The van der Waals surface area contributed by atoms with Crippen molar-refractivity contribution in [1.29, 1.82) is 0 Å². The Morgan fingerprint density at radius 3 is 3.06 bits per heavy atom. The number of halogens is 1. The Morgan fingerprint density at radius 2 is 2.33 bits per heavy atom. The van der Waals surface area contributed by atoms with Gasteiger partial charge < -0.3 is 4.57 Å². The van der Waals surface area contributed by atoms with Gasteiger partial charge >= 0.3 is 0 Å². The van der Waals surface area contributed by atoms with Crippen LogP contribution in [0.25, 0.3) is 11.0 Å². The minimum Gasteiger partial charge on any atom is -0.325 e. The molecule has 0 N–H and O–H groups in total. The number of hydrogen-bond acceptors (Lipinski definition) is 2.